The van der Waals surface area contributed by atoms with Gasteiger partial charge in [0.1, 0.15) is 0 Å². The summed E-state index contributed by atoms with van der Waals surface area (Å²) in [5.41, 5.74) is 19.1. The van der Waals surface area contributed by atoms with Crippen LogP contribution >= 0.6 is 0 Å². The summed E-state index contributed by atoms with van der Waals surface area (Å²) in [6.45, 7) is -0.0358. The molecule has 15 rings (SSSR count). The molecule has 3 nitrogen and oxygen atoms in total. The molecular formula is C70H48BN3Si. The first-order valence-electron chi connectivity index (χ1n) is 26.0. The van der Waals surface area contributed by atoms with Gasteiger partial charge in [-0.15, -0.1) is 0 Å². The van der Waals surface area contributed by atoms with Crippen LogP contribution < -0.4 is 51.8 Å². The molecule has 0 fully saturated rings. The number of para-hydroxylation sites is 3. The average molecular weight is 970 g/mol. The van der Waals surface area contributed by atoms with Gasteiger partial charge in [-0.1, -0.05) is 237 Å². The molecule has 0 N–H and O–H groups in total. The Morgan fingerprint density at radius 3 is 1.31 bits per heavy atom. The third-order valence-electron chi connectivity index (χ3n) is 16.0. The van der Waals surface area contributed by atoms with Crippen LogP contribution in [0.25, 0.3) is 33.0 Å². The molecule has 0 aliphatic carbocycles. The number of nitrogens with zero attached hydrogens (tertiary/aromatic N) is 3. The van der Waals surface area contributed by atoms with Gasteiger partial charge in [0, 0.05) is 50.9 Å². The minimum atomic E-state index is -3.07. The maximum Gasteiger partial charge on any atom is 0.252 e. The van der Waals surface area contributed by atoms with Gasteiger partial charge in [-0.2, -0.15) is 0 Å². The lowest BCUT2D eigenvalue weighted by Gasteiger charge is -2.47. The fourth-order valence-electron chi connectivity index (χ4n) is 12.9. The lowest BCUT2D eigenvalue weighted by molar-refractivity contribution is 1.23. The first-order valence-corrected chi connectivity index (χ1v) is 28.0. The van der Waals surface area contributed by atoms with Crippen LogP contribution in [-0.2, 0) is 0 Å². The number of hydrogen-bond acceptors (Lipinski definition) is 3. The first kappa shape index (κ1) is 43.2. The van der Waals surface area contributed by atoms with E-state index in [0.29, 0.717) is 0 Å². The Morgan fingerprint density at radius 1 is 0.280 bits per heavy atom. The molecule has 3 aliphatic rings. The highest BCUT2D eigenvalue weighted by Gasteiger charge is 2.50. The normalized spacial score (nSPS) is 13.6. The third kappa shape index (κ3) is 6.61. The van der Waals surface area contributed by atoms with Crippen molar-refractivity contribution in [2.24, 2.45) is 0 Å². The highest BCUT2D eigenvalue weighted by molar-refractivity contribution is 7.21. The fourth-order valence-corrected chi connectivity index (χ4v) is 18.0. The molecule has 75 heavy (non-hydrogen) atoms. The molecule has 3 heterocycles. The van der Waals surface area contributed by atoms with E-state index >= 15 is 0 Å². The summed E-state index contributed by atoms with van der Waals surface area (Å²) in [4.78, 5) is 7.74. The highest BCUT2D eigenvalue weighted by Crippen LogP contribution is 2.50. The molecule has 0 aromatic heterocycles. The van der Waals surface area contributed by atoms with Crippen LogP contribution in [0.4, 0.5) is 51.2 Å². The van der Waals surface area contributed by atoms with Crippen molar-refractivity contribution in [2.45, 2.75) is 0 Å². The maximum atomic E-state index is 2.64. The number of anilines is 9. The SMILES string of the molecule is c1ccc(-c2ccc3c(c2)N(c2cc4c5c(c2)N(c2ccccc2)c2c(ccc6ccccc26)B5c2ccccc2N4c2ccccc2)c2cc(-c4ccccc4)ccc2[Si]3(c2ccccc2)c2ccccc2)cc1. The topological polar surface area (TPSA) is 9.72 Å². The predicted octanol–water partition coefficient (Wildman–Crippen LogP) is 13.4. The van der Waals surface area contributed by atoms with Crippen LogP contribution in [0, 0.1) is 0 Å². The molecule has 0 spiro atoms. The number of rotatable bonds is 7. The summed E-state index contributed by atoms with van der Waals surface area (Å²) in [7, 11) is -3.07. The van der Waals surface area contributed by atoms with E-state index in [1.54, 1.807) is 0 Å². The van der Waals surface area contributed by atoms with E-state index in [0.717, 1.165) is 17.1 Å². The van der Waals surface area contributed by atoms with E-state index in [4.69, 9.17) is 0 Å². The maximum absolute atomic E-state index is 3.07. The largest absolute Gasteiger partial charge is 0.311 e. The summed E-state index contributed by atoms with van der Waals surface area (Å²) in [6, 6.07) is 109. The van der Waals surface area contributed by atoms with Crippen molar-refractivity contribution in [3.8, 4) is 22.3 Å². The second-order valence-corrected chi connectivity index (χ2v) is 23.7. The van der Waals surface area contributed by atoms with Crippen molar-refractivity contribution >= 4 is 114 Å². The monoisotopic (exact) mass is 969 g/mol. The Kier molecular flexibility index (Phi) is 10.0. The summed E-state index contributed by atoms with van der Waals surface area (Å²) in [5, 5.41) is 7.86. The second-order valence-electron chi connectivity index (χ2n) is 20.0. The molecule has 0 amide bonds. The third-order valence-corrected chi connectivity index (χ3v) is 20.9. The van der Waals surface area contributed by atoms with Gasteiger partial charge in [-0.3, -0.25) is 0 Å². The molecule has 0 saturated carbocycles. The summed E-state index contributed by atoms with van der Waals surface area (Å²) in [6.07, 6.45) is 0. The van der Waals surface area contributed by atoms with E-state index in [-0.39, 0.29) is 6.71 Å². The fraction of sp³-hybridized carbons (Fsp3) is 0. The van der Waals surface area contributed by atoms with E-state index in [2.05, 4.69) is 306 Å². The Bertz CT molecular complexity index is 4000. The molecule has 0 unspecified atom stereocenters. The Hall–Kier alpha value is -9.42. The molecule has 12 aromatic rings. The average Bonchev–Trinajstić information content (AvgIpc) is 3.50. The van der Waals surface area contributed by atoms with Gasteiger partial charge in [0.2, 0.25) is 0 Å². The van der Waals surface area contributed by atoms with Gasteiger partial charge in [-0.05, 0) is 119 Å². The predicted molar refractivity (Wildman–Crippen MR) is 321 cm³/mol. The summed E-state index contributed by atoms with van der Waals surface area (Å²) >= 11 is 0. The molecule has 0 bridgehead atoms. The zero-order valence-corrected chi connectivity index (χ0v) is 42.1. The molecule has 0 radical (unpaired) electrons. The van der Waals surface area contributed by atoms with Crippen LogP contribution in [0.1, 0.15) is 0 Å². The van der Waals surface area contributed by atoms with Crippen LogP contribution in [-0.4, -0.2) is 14.8 Å². The van der Waals surface area contributed by atoms with E-state index in [1.165, 1.54) is 104 Å². The lowest BCUT2D eigenvalue weighted by atomic mass is 9.33. The number of hydrogen-bond donors (Lipinski definition) is 0. The first-order chi connectivity index (χ1) is 37.2. The second kappa shape index (κ2) is 17.4. The molecule has 0 saturated heterocycles. The van der Waals surface area contributed by atoms with Crippen LogP contribution in [0.5, 0.6) is 0 Å². The number of fused-ring (bicyclic) bond motifs is 8. The molecule has 12 aromatic carbocycles. The van der Waals surface area contributed by atoms with Crippen molar-refractivity contribution in [2.75, 3.05) is 14.7 Å². The van der Waals surface area contributed by atoms with Crippen molar-refractivity contribution in [1.29, 1.82) is 0 Å². The van der Waals surface area contributed by atoms with Gasteiger partial charge in [0.15, 0.2) is 8.07 Å². The minimum absolute atomic E-state index is 0.0358. The van der Waals surface area contributed by atoms with Gasteiger partial charge in [0.05, 0.1) is 5.69 Å². The minimum Gasteiger partial charge on any atom is -0.311 e. The van der Waals surface area contributed by atoms with E-state index < -0.39 is 8.07 Å². The number of benzene rings is 12. The van der Waals surface area contributed by atoms with Crippen molar-refractivity contribution < 1.29 is 0 Å². The van der Waals surface area contributed by atoms with Crippen LogP contribution in [0.3, 0.4) is 0 Å². The quantitative estimate of drug-likeness (QED) is 0.147. The zero-order valence-electron chi connectivity index (χ0n) is 41.1. The lowest BCUT2D eigenvalue weighted by Crippen LogP contribution is -2.77. The molecule has 5 heteroatoms. The van der Waals surface area contributed by atoms with Gasteiger partial charge in [0.25, 0.3) is 6.71 Å². The Morgan fingerprint density at radius 2 is 0.733 bits per heavy atom. The molecule has 3 aliphatic heterocycles. The molecule has 350 valence electrons. The van der Waals surface area contributed by atoms with Gasteiger partial charge in [-0.25, -0.2) is 0 Å². The van der Waals surface area contributed by atoms with Gasteiger partial charge < -0.3 is 14.7 Å². The summed E-state index contributed by atoms with van der Waals surface area (Å²) in [5.74, 6) is 0. The summed E-state index contributed by atoms with van der Waals surface area (Å²) < 4.78 is 0. The van der Waals surface area contributed by atoms with Crippen molar-refractivity contribution in [3.05, 3.63) is 291 Å². The van der Waals surface area contributed by atoms with E-state index in [1.807, 2.05) is 0 Å². The Labute approximate surface area is 439 Å². The van der Waals surface area contributed by atoms with Crippen LogP contribution in [0.2, 0.25) is 0 Å². The smallest absolute Gasteiger partial charge is 0.252 e. The zero-order chi connectivity index (χ0) is 49.5. The van der Waals surface area contributed by atoms with Gasteiger partial charge >= 0.3 is 0 Å². The van der Waals surface area contributed by atoms with Crippen molar-refractivity contribution in [3.63, 3.8) is 0 Å². The van der Waals surface area contributed by atoms with Crippen molar-refractivity contribution in [1.82, 2.24) is 0 Å². The Balaban J connectivity index is 1.11. The van der Waals surface area contributed by atoms with Crippen LogP contribution in [0.15, 0.2) is 291 Å². The highest BCUT2D eigenvalue weighted by atomic mass is 28.3. The molecule has 0 atom stereocenters. The molecular weight excluding hydrogens is 922 g/mol. The standard InChI is InChI=1S/C70H48BN3Si/c1-7-23-49(24-8-1)52-40-43-67-63(45-52)73(64-46-53(50-25-9-2-10-26-50)41-44-68(64)75(67,57-32-15-5-16-33-57)58-34-17-6-18-35-58)56-47-65-69-66(48-56)74(55-30-13-4-14-31-55)70-59-36-20-19-27-51(59)39-42-61(70)71(69)60-37-21-22-38-62(60)72(65)54-28-11-3-12-29-54/h1-48H. The van der Waals surface area contributed by atoms with E-state index in [9.17, 15) is 0 Å².